The van der Waals surface area contributed by atoms with E-state index in [4.69, 9.17) is 0 Å². The predicted molar refractivity (Wildman–Crippen MR) is 43.2 cm³/mol. The smallest absolute Gasteiger partial charge is 0.380 e. The van der Waals surface area contributed by atoms with Crippen molar-refractivity contribution in [1.29, 1.82) is 0 Å². The number of hydrogen-bond donors (Lipinski definition) is 1. The average Bonchev–Trinajstić information content (AvgIpc) is 1.95. The van der Waals surface area contributed by atoms with E-state index in [-0.39, 0.29) is 24.7 Å². The minimum Gasteiger partial charge on any atom is -0.380 e. The molecule has 13 heavy (non-hydrogen) atoms. The van der Waals surface area contributed by atoms with Crippen LogP contribution in [0.15, 0.2) is 0 Å². The molecule has 3 atom stereocenters. The summed E-state index contributed by atoms with van der Waals surface area (Å²) < 4.78 is 37.1. The third-order valence-electron chi connectivity index (χ3n) is 3.17. The van der Waals surface area contributed by atoms with Crippen molar-refractivity contribution in [2.24, 2.45) is 11.8 Å². The first-order chi connectivity index (χ1) is 5.76. The Kier molecular flexibility index (Phi) is 2.63. The van der Waals surface area contributed by atoms with Gasteiger partial charge in [0.2, 0.25) is 0 Å². The zero-order chi connectivity index (χ0) is 10.3. The molecule has 78 valence electrons. The van der Waals surface area contributed by atoms with Gasteiger partial charge in [0, 0.05) is 0 Å². The van der Waals surface area contributed by atoms with Crippen LogP contribution in [-0.2, 0) is 0 Å². The second-order valence-corrected chi connectivity index (χ2v) is 4.23. The maximum atomic E-state index is 12.4. The van der Waals surface area contributed by atoms with Gasteiger partial charge < -0.3 is 5.11 Å². The van der Waals surface area contributed by atoms with Crippen LogP contribution in [0, 0.1) is 11.8 Å². The monoisotopic (exact) mass is 196 g/mol. The van der Waals surface area contributed by atoms with Gasteiger partial charge in [-0.1, -0.05) is 13.8 Å². The fourth-order valence-electron chi connectivity index (χ4n) is 1.84. The molecule has 0 spiro atoms. The van der Waals surface area contributed by atoms with Gasteiger partial charge in [-0.3, -0.25) is 0 Å². The molecule has 4 heteroatoms. The van der Waals surface area contributed by atoms with E-state index in [0.717, 1.165) is 0 Å². The van der Waals surface area contributed by atoms with Gasteiger partial charge in [0.1, 0.15) is 0 Å². The van der Waals surface area contributed by atoms with E-state index < -0.39 is 11.8 Å². The molecule has 1 saturated carbocycles. The van der Waals surface area contributed by atoms with Gasteiger partial charge in [-0.2, -0.15) is 13.2 Å². The third-order valence-corrected chi connectivity index (χ3v) is 3.17. The number of rotatable bonds is 0. The Labute approximate surface area is 75.9 Å². The van der Waals surface area contributed by atoms with Crippen LogP contribution in [0.3, 0.4) is 0 Å². The molecule has 0 aromatic rings. The molecule has 1 rings (SSSR count). The van der Waals surface area contributed by atoms with E-state index in [0.29, 0.717) is 6.42 Å². The average molecular weight is 196 g/mol. The van der Waals surface area contributed by atoms with Gasteiger partial charge in [-0.05, 0) is 31.1 Å². The quantitative estimate of drug-likeness (QED) is 0.631. The van der Waals surface area contributed by atoms with Crippen molar-refractivity contribution in [2.75, 3.05) is 0 Å². The first-order valence-corrected chi connectivity index (χ1v) is 4.55. The summed E-state index contributed by atoms with van der Waals surface area (Å²) in [6, 6.07) is 0. The second-order valence-electron chi connectivity index (χ2n) is 4.23. The predicted octanol–water partition coefficient (Wildman–Crippen LogP) is 2.74. The van der Waals surface area contributed by atoms with Gasteiger partial charge in [0.05, 0.1) is 0 Å². The molecule has 3 unspecified atom stereocenters. The van der Waals surface area contributed by atoms with E-state index in [9.17, 15) is 18.3 Å². The molecule has 0 bridgehead atoms. The minimum atomic E-state index is -4.47. The van der Waals surface area contributed by atoms with Crippen molar-refractivity contribution >= 4 is 0 Å². The van der Waals surface area contributed by atoms with Gasteiger partial charge >= 0.3 is 6.18 Å². The van der Waals surface area contributed by atoms with E-state index in [1.807, 2.05) is 6.92 Å². The summed E-state index contributed by atoms with van der Waals surface area (Å²) >= 11 is 0. The molecule has 0 aliphatic heterocycles. The van der Waals surface area contributed by atoms with E-state index in [1.165, 1.54) is 0 Å². The van der Waals surface area contributed by atoms with Crippen molar-refractivity contribution in [1.82, 2.24) is 0 Å². The first kappa shape index (κ1) is 10.8. The Morgan fingerprint density at radius 1 is 1.23 bits per heavy atom. The van der Waals surface area contributed by atoms with Crippen LogP contribution in [-0.4, -0.2) is 16.9 Å². The Bertz CT molecular complexity index is 190. The lowest BCUT2D eigenvalue weighted by molar-refractivity contribution is -0.276. The summed E-state index contributed by atoms with van der Waals surface area (Å²) in [7, 11) is 0. The summed E-state index contributed by atoms with van der Waals surface area (Å²) in [5, 5.41) is 9.37. The number of hydrogen-bond acceptors (Lipinski definition) is 1. The topological polar surface area (TPSA) is 20.2 Å². The summed E-state index contributed by atoms with van der Waals surface area (Å²) in [6.07, 6.45) is -4.32. The summed E-state index contributed by atoms with van der Waals surface area (Å²) in [4.78, 5) is 0. The van der Waals surface area contributed by atoms with E-state index >= 15 is 0 Å². The first-order valence-electron chi connectivity index (χ1n) is 4.55. The van der Waals surface area contributed by atoms with Crippen molar-refractivity contribution < 1.29 is 18.3 Å². The normalized spacial score (nSPS) is 42.0. The zero-order valence-electron chi connectivity index (χ0n) is 7.86. The molecule has 0 amide bonds. The number of aliphatic hydroxyl groups is 1. The maximum Gasteiger partial charge on any atom is 0.417 e. The lowest BCUT2D eigenvalue weighted by Gasteiger charge is -2.39. The van der Waals surface area contributed by atoms with Crippen LogP contribution in [0.4, 0.5) is 13.2 Å². The molecular formula is C9H15F3O. The highest BCUT2D eigenvalue weighted by molar-refractivity contribution is 4.93. The van der Waals surface area contributed by atoms with Crippen molar-refractivity contribution in [3.05, 3.63) is 0 Å². The zero-order valence-corrected chi connectivity index (χ0v) is 7.86. The standard InChI is InChI=1S/C9H15F3O/c1-6-3-4-8(13,5-7(6)2)9(10,11)12/h6-7,13H,3-5H2,1-2H3. The highest BCUT2D eigenvalue weighted by Gasteiger charge is 2.55. The fourth-order valence-corrected chi connectivity index (χ4v) is 1.84. The molecule has 1 aliphatic carbocycles. The molecule has 0 saturated heterocycles. The summed E-state index contributed by atoms with van der Waals surface area (Å²) in [6.45, 7) is 3.70. The lowest BCUT2D eigenvalue weighted by atomic mass is 9.73. The highest BCUT2D eigenvalue weighted by Crippen LogP contribution is 2.45. The largest absolute Gasteiger partial charge is 0.417 e. The van der Waals surface area contributed by atoms with Crippen molar-refractivity contribution in [3.8, 4) is 0 Å². The molecule has 0 radical (unpaired) electrons. The maximum absolute atomic E-state index is 12.4. The molecular weight excluding hydrogens is 181 g/mol. The van der Waals surface area contributed by atoms with Gasteiger partial charge in [-0.15, -0.1) is 0 Å². The second kappa shape index (κ2) is 3.15. The van der Waals surface area contributed by atoms with Crippen LogP contribution < -0.4 is 0 Å². The van der Waals surface area contributed by atoms with Crippen LogP contribution in [0.5, 0.6) is 0 Å². The fraction of sp³-hybridized carbons (Fsp3) is 1.00. The van der Waals surface area contributed by atoms with Crippen LogP contribution in [0.25, 0.3) is 0 Å². The Morgan fingerprint density at radius 2 is 1.77 bits per heavy atom. The van der Waals surface area contributed by atoms with E-state index in [2.05, 4.69) is 0 Å². The van der Waals surface area contributed by atoms with Crippen LogP contribution >= 0.6 is 0 Å². The van der Waals surface area contributed by atoms with E-state index in [1.54, 1.807) is 6.92 Å². The van der Waals surface area contributed by atoms with Gasteiger partial charge in [0.25, 0.3) is 0 Å². The van der Waals surface area contributed by atoms with Gasteiger partial charge in [-0.25, -0.2) is 0 Å². The molecule has 1 aliphatic rings. The number of halogens is 3. The molecule has 0 aromatic heterocycles. The Balaban J connectivity index is 2.73. The highest BCUT2D eigenvalue weighted by atomic mass is 19.4. The molecule has 1 N–H and O–H groups in total. The summed E-state index contributed by atoms with van der Waals surface area (Å²) in [5.41, 5.74) is -2.43. The molecule has 1 fully saturated rings. The molecule has 1 nitrogen and oxygen atoms in total. The third kappa shape index (κ3) is 1.98. The van der Waals surface area contributed by atoms with Crippen LogP contribution in [0.2, 0.25) is 0 Å². The lowest BCUT2D eigenvalue weighted by Crippen LogP contribution is -2.49. The van der Waals surface area contributed by atoms with Crippen molar-refractivity contribution in [3.63, 3.8) is 0 Å². The molecule has 0 heterocycles. The number of alkyl halides is 3. The minimum absolute atomic E-state index is 0.0552. The molecule has 0 aromatic carbocycles. The van der Waals surface area contributed by atoms with Gasteiger partial charge in [0.15, 0.2) is 5.60 Å². The SMILES string of the molecule is CC1CCC(O)(C(F)(F)F)CC1C. The summed E-state index contributed by atoms with van der Waals surface area (Å²) in [5.74, 6) is 0.225. The Hall–Kier alpha value is -0.250. The van der Waals surface area contributed by atoms with Crippen molar-refractivity contribution in [2.45, 2.75) is 44.9 Å². The van der Waals surface area contributed by atoms with Crippen LogP contribution in [0.1, 0.15) is 33.1 Å². The Morgan fingerprint density at radius 3 is 2.15 bits per heavy atom.